The lowest BCUT2D eigenvalue weighted by Gasteiger charge is -2.21. The summed E-state index contributed by atoms with van der Waals surface area (Å²) in [7, 11) is -9.92. The molecule has 0 saturated heterocycles. The molecule has 0 aliphatic heterocycles. The summed E-state index contributed by atoms with van der Waals surface area (Å²) in [5, 5.41) is 10.6. The van der Waals surface area contributed by atoms with Gasteiger partial charge in [-0.15, -0.1) is 0 Å². The minimum Gasteiger partial charge on any atom is -0.462 e. The maximum atomic E-state index is 13.1. The number of aliphatic hydroxyl groups is 1. The van der Waals surface area contributed by atoms with E-state index in [1.54, 1.807) is 0 Å². The van der Waals surface area contributed by atoms with E-state index >= 15 is 0 Å². The topological polar surface area (TPSA) is 237 Å². The Hall–Kier alpha value is -1.94. The van der Waals surface area contributed by atoms with E-state index in [0.29, 0.717) is 25.7 Å². The standard InChI is InChI=1S/C79H154O17P2/c1-9-72(8)58-50-42-37-38-44-52-60-77(82)90-66-75(96-79(84)62-54-46-36-30-24-18-21-27-33-41-49-57-71(6)7)68-94-98(87,88)92-64-73(80)63-91-97(85,86)93-67-74(95-78(83)61-53-45-35-29-23-17-13-11-15-20-26-32-40-48-56-70(4)5)65-89-76(81)59-51-43-34-28-22-16-12-10-14-19-25-31-39-47-55-69(2)3/h69-75,80H,9-68H2,1-8H3,(H,85,86)(H,87,88)/t72?,73-,74-,75-/m1/s1. The fraction of sp³-hybridized carbons (Fsp3) is 0.949. The monoisotopic (exact) mass is 1440 g/mol. The van der Waals surface area contributed by atoms with Gasteiger partial charge in [0, 0.05) is 25.7 Å². The van der Waals surface area contributed by atoms with Crippen molar-refractivity contribution in [2.24, 2.45) is 23.7 Å². The molecule has 0 aromatic carbocycles. The molecule has 3 N–H and O–H groups in total. The van der Waals surface area contributed by atoms with Crippen LogP contribution >= 0.6 is 15.6 Å². The van der Waals surface area contributed by atoms with Crippen LogP contribution in [-0.2, 0) is 65.4 Å². The summed E-state index contributed by atoms with van der Waals surface area (Å²) in [6.45, 7) is 14.2. The van der Waals surface area contributed by atoms with Gasteiger partial charge in [0.1, 0.15) is 19.3 Å². The molecule has 0 amide bonds. The molecule has 19 heteroatoms. The Morgan fingerprint density at radius 3 is 0.724 bits per heavy atom. The number of hydrogen-bond acceptors (Lipinski definition) is 15. The fourth-order valence-corrected chi connectivity index (χ4v) is 13.6. The van der Waals surface area contributed by atoms with Gasteiger partial charge in [-0.1, -0.05) is 351 Å². The van der Waals surface area contributed by atoms with Crippen LogP contribution in [0.5, 0.6) is 0 Å². The Morgan fingerprint density at radius 2 is 0.490 bits per heavy atom. The predicted octanol–water partition coefficient (Wildman–Crippen LogP) is 23.2. The molecule has 98 heavy (non-hydrogen) atoms. The van der Waals surface area contributed by atoms with Crippen molar-refractivity contribution in [3.05, 3.63) is 0 Å². The second-order valence-corrected chi connectivity index (χ2v) is 33.0. The highest BCUT2D eigenvalue weighted by molar-refractivity contribution is 7.47. The van der Waals surface area contributed by atoms with E-state index in [-0.39, 0.29) is 25.7 Å². The summed E-state index contributed by atoms with van der Waals surface area (Å²) in [4.78, 5) is 73.0. The zero-order chi connectivity index (χ0) is 72.4. The van der Waals surface area contributed by atoms with Crippen molar-refractivity contribution in [1.82, 2.24) is 0 Å². The molecule has 0 aliphatic rings. The minimum atomic E-state index is -4.96. The molecule has 0 rings (SSSR count). The van der Waals surface area contributed by atoms with Crippen LogP contribution in [0.4, 0.5) is 0 Å². The van der Waals surface area contributed by atoms with Gasteiger partial charge in [0.15, 0.2) is 12.2 Å². The van der Waals surface area contributed by atoms with Gasteiger partial charge in [0.2, 0.25) is 0 Å². The number of rotatable bonds is 76. The molecule has 0 aromatic heterocycles. The molecular formula is C79H154O17P2. The number of phosphoric ester groups is 2. The molecule has 0 radical (unpaired) electrons. The average Bonchev–Trinajstić information content (AvgIpc) is 1.08. The van der Waals surface area contributed by atoms with Crippen LogP contribution in [0.1, 0.15) is 402 Å². The molecule has 17 nitrogen and oxygen atoms in total. The van der Waals surface area contributed by atoms with E-state index in [9.17, 15) is 43.2 Å². The van der Waals surface area contributed by atoms with Crippen molar-refractivity contribution < 1.29 is 80.2 Å². The number of esters is 4. The lowest BCUT2D eigenvalue weighted by molar-refractivity contribution is -0.161. The highest BCUT2D eigenvalue weighted by Crippen LogP contribution is 2.45. The zero-order valence-electron chi connectivity index (χ0n) is 64.4. The SMILES string of the molecule is CCC(C)CCCCCCCCC(=O)OC[C@H](COP(=O)(O)OC[C@H](O)COP(=O)(O)OC[C@@H](COC(=O)CCCCCCCCCCCCCCCCC(C)C)OC(=O)CCCCCCCCCCCCCCCCC(C)C)OC(=O)CCCCCCCCCCCCCC(C)C. The normalized spacial score (nSPS) is 14.3. The van der Waals surface area contributed by atoms with Crippen molar-refractivity contribution in [1.29, 1.82) is 0 Å². The predicted molar refractivity (Wildman–Crippen MR) is 400 cm³/mol. The van der Waals surface area contributed by atoms with Crippen molar-refractivity contribution in [2.75, 3.05) is 39.6 Å². The molecule has 0 aliphatic carbocycles. The number of hydrogen-bond donors (Lipinski definition) is 3. The largest absolute Gasteiger partial charge is 0.472 e. The molecule has 6 atom stereocenters. The Bertz CT molecular complexity index is 1920. The van der Waals surface area contributed by atoms with Crippen LogP contribution < -0.4 is 0 Å². The smallest absolute Gasteiger partial charge is 0.462 e. The van der Waals surface area contributed by atoms with Gasteiger partial charge in [-0.05, 0) is 49.4 Å². The van der Waals surface area contributed by atoms with Gasteiger partial charge in [0.05, 0.1) is 26.4 Å². The molecule has 582 valence electrons. The van der Waals surface area contributed by atoms with Gasteiger partial charge >= 0.3 is 39.5 Å². The summed E-state index contributed by atoms with van der Waals surface area (Å²) in [5.74, 6) is 0.973. The first-order valence-corrected chi connectivity index (χ1v) is 43.7. The number of phosphoric acid groups is 2. The number of aliphatic hydroxyl groups excluding tert-OH is 1. The number of carbonyl (C=O) groups excluding carboxylic acids is 4. The summed E-state index contributed by atoms with van der Waals surface area (Å²) < 4.78 is 68.6. The van der Waals surface area contributed by atoms with Gasteiger partial charge in [-0.2, -0.15) is 0 Å². The van der Waals surface area contributed by atoms with Gasteiger partial charge in [0.25, 0.3) is 0 Å². The first-order valence-electron chi connectivity index (χ1n) is 40.7. The third-order valence-electron chi connectivity index (χ3n) is 18.7. The molecule has 0 bridgehead atoms. The van der Waals surface area contributed by atoms with E-state index in [1.807, 2.05) is 0 Å². The minimum absolute atomic E-state index is 0.105. The van der Waals surface area contributed by atoms with Gasteiger partial charge < -0.3 is 33.8 Å². The molecule has 0 saturated carbocycles. The quantitative estimate of drug-likeness (QED) is 0.0222. The number of carbonyl (C=O) groups is 4. The van der Waals surface area contributed by atoms with Crippen LogP contribution in [0.25, 0.3) is 0 Å². The van der Waals surface area contributed by atoms with Gasteiger partial charge in [-0.25, -0.2) is 9.13 Å². The second kappa shape index (κ2) is 68.2. The van der Waals surface area contributed by atoms with Crippen LogP contribution in [0.2, 0.25) is 0 Å². The maximum Gasteiger partial charge on any atom is 0.472 e. The fourth-order valence-electron chi connectivity index (χ4n) is 12.0. The molecule has 0 fully saturated rings. The summed E-state index contributed by atoms with van der Waals surface area (Å²) >= 11 is 0. The van der Waals surface area contributed by atoms with Crippen molar-refractivity contribution >= 4 is 39.5 Å². The lowest BCUT2D eigenvalue weighted by atomic mass is 10.00. The molecule has 3 unspecified atom stereocenters. The summed E-state index contributed by atoms with van der Waals surface area (Å²) in [6, 6.07) is 0. The van der Waals surface area contributed by atoms with Crippen LogP contribution in [0, 0.1) is 23.7 Å². The highest BCUT2D eigenvalue weighted by Gasteiger charge is 2.30. The van der Waals surface area contributed by atoms with Crippen LogP contribution in [0.3, 0.4) is 0 Å². The Balaban J connectivity index is 5.26. The van der Waals surface area contributed by atoms with Crippen molar-refractivity contribution in [2.45, 2.75) is 420 Å². The molecule has 0 heterocycles. The molecule has 0 aromatic rings. The molecule has 0 spiro atoms. The lowest BCUT2D eigenvalue weighted by Crippen LogP contribution is -2.30. The summed E-state index contributed by atoms with van der Waals surface area (Å²) in [5.41, 5.74) is 0. The van der Waals surface area contributed by atoms with Crippen molar-refractivity contribution in [3.8, 4) is 0 Å². The van der Waals surface area contributed by atoms with Crippen molar-refractivity contribution in [3.63, 3.8) is 0 Å². The first-order chi connectivity index (χ1) is 47.1. The third kappa shape index (κ3) is 71.1. The first kappa shape index (κ1) is 96.1. The second-order valence-electron chi connectivity index (χ2n) is 30.1. The van der Waals surface area contributed by atoms with E-state index in [4.69, 9.17) is 37.0 Å². The third-order valence-corrected chi connectivity index (χ3v) is 20.6. The van der Waals surface area contributed by atoms with E-state index in [0.717, 1.165) is 120 Å². The highest BCUT2D eigenvalue weighted by atomic mass is 31.2. The van der Waals surface area contributed by atoms with E-state index < -0.39 is 97.5 Å². The van der Waals surface area contributed by atoms with E-state index in [2.05, 4.69) is 55.4 Å². The number of unbranched alkanes of at least 4 members (excludes halogenated alkanes) is 41. The summed E-state index contributed by atoms with van der Waals surface area (Å²) in [6.07, 6.45) is 54.1. The van der Waals surface area contributed by atoms with Crippen LogP contribution in [0.15, 0.2) is 0 Å². The Morgan fingerprint density at radius 1 is 0.286 bits per heavy atom. The maximum absolute atomic E-state index is 13.1. The Kier molecular flexibility index (Phi) is 66.8. The van der Waals surface area contributed by atoms with E-state index in [1.165, 1.54) is 199 Å². The van der Waals surface area contributed by atoms with Gasteiger partial charge in [-0.3, -0.25) is 37.3 Å². The number of ether oxygens (including phenoxy) is 4. The molecular weight excluding hydrogens is 1280 g/mol. The average molecular weight is 1440 g/mol. The van der Waals surface area contributed by atoms with Crippen LogP contribution in [-0.4, -0.2) is 96.7 Å². The Labute approximate surface area is 600 Å². The zero-order valence-corrected chi connectivity index (χ0v) is 66.2.